The molecule has 1 saturated heterocycles. The molecule has 4 atom stereocenters. The van der Waals surface area contributed by atoms with Gasteiger partial charge in [0.25, 0.3) is 0 Å². The number of anilines is 1. The lowest BCUT2D eigenvalue weighted by atomic mass is 9.94. The van der Waals surface area contributed by atoms with Crippen LogP contribution in [0.4, 0.5) is 5.82 Å². The first-order valence-electron chi connectivity index (χ1n) is 6.20. The minimum absolute atomic E-state index is 0.251. The zero-order valence-corrected chi connectivity index (χ0v) is 11.6. The lowest BCUT2D eigenvalue weighted by Crippen LogP contribution is -2.39. The van der Waals surface area contributed by atoms with Gasteiger partial charge in [0.1, 0.15) is 17.9 Å². The molecule has 1 aliphatic heterocycles. The smallest absolute Gasteiger partial charge is 0.173 e. The average Bonchev–Trinajstić information content (AvgIpc) is 3.03. The summed E-state index contributed by atoms with van der Waals surface area (Å²) in [6.45, 7) is -0.341. The molecule has 3 heterocycles. The number of fused-ring (bicyclic) bond motifs is 1. The highest BCUT2D eigenvalue weighted by Gasteiger charge is 2.56. The van der Waals surface area contributed by atoms with Crippen LogP contribution in [0, 0.1) is 11.3 Å². The molecule has 5 N–H and O–H groups in total. The van der Waals surface area contributed by atoms with Gasteiger partial charge in [-0.05, 0) is 12.1 Å². The van der Waals surface area contributed by atoms with Crippen molar-refractivity contribution in [2.24, 2.45) is 0 Å². The molecule has 0 aliphatic carbocycles. The fourth-order valence-corrected chi connectivity index (χ4v) is 4.01. The second-order valence-corrected chi connectivity index (χ2v) is 6.27. The molecule has 9 heteroatoms. The Labute approximate surface area is 123 Å². The minimum Gasteiger partial charge on any atom is -0.395 e. The van der Waals surface area contributed by atoms with Crippen LogP contribution in [0.15, 0.2) is 18.5 Å². The minimum atomic E-state index is -1.43. The summed E-state index contributed by atoms with van der Waals surface area (Å²) in [5.41, 5.74) is 6.66. The molecule has 0 spiro atoms. The Morgan fingerprint density at radius 1 is 1.48 bits per heavy atom. The first kappa shape index (κ1) is 14.1. The Balaban J connectivity index is 2.20. The summed E-state index contributed by atoms with van der Waals surface area (Å²) in [4.78, 5) is 3.87. The van der Waals surface area contributed by atoms with Gasteiger partial charge in [0, 0.05) is 0 Å². The van der Waals surface area contributed by atoms with Gasteiger partial charge in [-0.2, -0.15) is 10.4 Å². The van der Waals surface area contributed by atoms with Crippen molar-refractivity contribution in [1.29, 1.82) is 5.26 Å². The van der Waals surface area contributed by atoms with Gasteiger partial charge in [-0.3, -0.25) is 0 Å². The molecule has 1 aliphatic rings. The number of hydrogen-bond donors (Lipinski definition) is 4. The van der Waals surface area contributed by atoms with Crippen LogP contribution in [-0.2, 0) is 4.75 Å². The molecule has 8 nitrogen and oxygen atoms in total. The van der Waals surface area contributed by atoms with Gasteiger partial charge in [0.2, 0.25) is 0 Å². The number of aromatic nitrogens is 3. The number of nitrogen functional groups attached to an aromatic ring is 1. The Hall–Kier alpha value is -1.86. The maximum absolute atomic E-state index is 10.3. The Morgan fingerprint density at radius 2 is 2.24 bits per heavy atom. The molecule has 0 saturated carbocycles. The second kappa shape index (κ2) is 4.85. The van der Waals surface area contributed by atoms with Crippen LogP contribution in [0.5, 0.6) is 0 Å². The summed E-state index contributed by atoms with van der Waals surface area (Å²) in [7, 11) is 0. The number of thioether (sulfide) groups is 1. The third-order valence-corrected chi connectivity index (χ3v) is 5.31. The van der Waals surface area contributed by atoms with Crippen LogP contribution in [0.2, 0.25) is 0 Å². The number of hydrogen-bond acceptors (Lipinski definition) is 8. The van der Waals surface area contributed by atoms with Crippen LogP contribution < -0.4 is 5.73 Å². The SMILES string of the molecule is N#C[C@@]1(c2ccc3c(N)ncnn23)S[C@H](CO)C(O)C1O. The molecular formula is C12H13N5O3S. The van der Waals surface area contributed by atoms with Gasteiger partial charge in [0.15, 0.2) is 10.6 Å². The zero-order valence-electron chi connectivity index (χ0n) is 10.8. The molecular weight excluding hydrogens is 294 g/mol. The van der Waals surface area contributed by atoms with E-state index in [1.54, 1.807) is 12.1 Å². The monoisotopic (exact) mass is 307 g/mol. The van der Waals surface area contributed by atoms with Crippen molar-refractivity contribution in [3.63, 3.8) is 0 Å². The summed E-state index contributed by atoms with van der Waals surface area (Å²) in [6, 6.07) is 5.32. The molecule has 1 fully saturated rings. The predicted octanol–water partition coefficient (Wildman–Crippen LogP) is -1.14. The third-order valence-electron chi connectivity index (χ3n) is 3.67. The van der Waals surface area contributed by atoms with Gasteiger partial charge in [-0.25, -0.2) is 9.50 Å². The summed E-state index contributed by atoms with van der Waals surface area (Å²) in [5.74, 6) is 0.251. The normalized spacial score (nSPS) is 32.4. The van der Waals surface area contributed by atoms with E-state index in [0.29, 0.717) is 11.2 Å². The molecule has 2 aromatic heterocycles. The van der Waals surface area contributed by atoms with Crippen molar-refractivity contribution in [2.75, 3.05) is 12.3 Å². The molecule has 2 aromatic rings. The van der Waals surface area contributed by atoms with E-state index >= 15 is 0 Å². The quantitative estimate of drug-likeness (QED) is 0.545. The summed E-state index contributed by atoms with van der Waals surface area (Å²) in [6.07, 6.45) is -1.30. The Bertz CT molecular complexity index is 729. The van der Waals surface area contributed by atoms with Gasteiger partial charge in [-0.1, -0.05) is 0 Å². The van der Waals surface area contributed by atoms with Crippen molar-refractivity contribution >= 4 is 23.1 Å². The molecule has 0 amide bonds. The van der Waals surface area contributed by atoms with Gasteiger partial charge in [0.05, 0.1) is 29.7 Å². The second-order valence-electron chi connectivity index (χ2n) is 4.78. The number of nitrogens with two attached hydrogens (primary N) is 1. The zero-order chi connectivity index (χ0) is 15.2. The first-order valence-corrected chi connectivity index (χ1v) is 7.08. The lowest BCUT2D eigenvalue weighted by molar-refractivity contribution is 0.00826. The molecule has 21 heavy (non-hydrogen) atoms. The highest BCUT2D eigenvalue weighted by Crippen LogP contribution is 2.50. The Kier molecular flexibility index (Phi) is 3.26. The standard InChI is InChI=1S/C12H13N5O3S/c13-4-12(10(20)9(19)7(3-18)21-12)8-2-1-6-11(14)15-5-16-17(6)8/h1-2,5,7,9-10,18-20H,3H2,(H2,14,15,16)/t7-,9?,10?,12+/m1/s1. The number of aliphatic hydroxyl groups is 3. The lowest BCUT2D eigenvalue weighted by Gasteiger charge is -2.24. The molecule has 110 valence electrons. The molecule has 3 rings (SSSR count). The largest absolute Gasteiger partial charge is 0.395 e. The maximum Gasteiger partial charge on any atom is 0.173 e. The summed E-state index contributed by atoms with van der Waals surface area (Å²) in [5, 5.41) is 42.6. The van der Waals surface area contributed by atoms with Crippen molar-refractivity contribution in [3.05, 3.63) is 24.2 Å². The average molecular weight is 307 g/mol. The number of nitriles is 1. The predicted molar refractivity (Wildman–Crippen MR) is 75.2 cm³/mol. The van der Waals surface area contributed by atoms with Gasteiger partial charge < -0.3 is 21.1 Å². The van der Waals surface area contributed by atoms with E-state index in [1.807, 2.05) is 0 Å². The molecule has 0 bridgehead atoms. The molecule has 0 radical (unpaired) electrons. The maximum atomic E-state index is 10.3. The van der Waals surface area contributed by atoms with Crippen LogP contribution in [-0.4, -0.2) is 54.0 Å². The van der Waals surface area contributed by atoms with Gasteiger partial charge >= 0.3 is 0 Å². The first-order chi connectivity index (χ1) is 10.0. The number of aliphatic hydroxyl groups excluding tert-OH is 3. The van der Waals surface area contributed by atoms with Gasteiger partial charge in [-0.15, -0.1) is 11.8 Å². The third kappa shape index (κ3) is 1.81. The molecule has 2 unspecified atom stereocenters. The van der Waals surface area contributed by atoms with E-state index in [4.69, 9.17) is 5.73 Å². The van der Waals surface area contributed by atoms with Crippen molar-refractivity contribution in [1.82, 2.24) is 14.6 Å². The van der Waals surface area contributed by atoms with E-state index in [0.717, 1.165) is 11.8 Å². The summed E-state index contributed by atoms with van der Waals surface area (Å²) < 4.78 is -0.00568. The number of rotatable bonds is 2. The van der Waals surface area contributed by atoms with E-state index in [2.05, 4.69) is 16.2 Å². The van der Waals surface area contributed by atoms with Crippen molar-refractivity contribution in [2.45, 2.75) is 22.2 Å². The Morgan fingerprint density at radius 3 is 2.86 bits per heavy atom. The summed E-state index contributed by atoms with van der Waals surface area (Å²) >= 11 is 1.02. The van der Waals surface area contributed by atoms with Crippen LogP contribution in [0.1, 0.15) is 5.69 Å². The topological polar surface area (TPSA) is 141 Å². The highest BCUT2D eigenvalue weighted by molar-refractivity contribution is 8.01. The number of nitrogens with zero attached hydrogens (tertiary/aromatic N) is 4. The van der Waals surface area contributed by atoms with Crippen LogP contribution >= 0.6 is 11.8 Å². The van der Waals surface area contributed by atoms with E-state index < -0.39 is 22.2 Å². The van der Waals surface area contributed by atoms with Crippen LogP contribution in [0.3, 0.4) is 0 Å². The fraction of sp³-hybridized carbons (Fsp3) is 0.417. The van der Waals surface area contributed by atoms with Crippen LogP contribution in [0.25, 0.3) is 5.52 Å². The van der Waals surface area contributed by atoms with Crippen molar-refractivity contribution in [3.8, 4) is 6.07 Å². The van der Waals surface area contributed by atoms with E-state index in [-0.39, 0.29) is 12.4 Å². The fourth-order valence-electron chi connectivity index (χ4n) is 2.56. The van der Waals surface area contributed by atoms with Crippen molar-refractivity contribution < 1.29 is 15.3 Å². The van der Waals surface area contributed by atoms with E-state index in [9.17, 15) is 20.6 Å². The van der Waals surface area contributed by atoms with E-state index in [1.165, 1.54) is 10.8 Å². The highest BCUT2D eigenvalue weighted by atomic mass is 32.2. The molecule has 0 aromatic carbocycles.